The van der Waals surface area contributed by atoms with Gasteiger partial charge in [0.25, 0.3) is 0 Å². The standard InChI is InChI=1S/C31H37ClN6O2/c1-5-27-30(35-31(39)33-18-23-8-11-28(40-4)26(32)17-23)38-20-25(16-21(2)29(38)34-27)24-9-6-22(7-10-24)19-37-14-12-36(3)13-15-37/h6-11,16-17,20H,5,12-15,18-19H2,1-4H3,(H2,33,35,39). The van der Waals surface area contributed by atoms with Crippen molar-refractivity contribution in [2.45, 2.75) is 33.4 Å². The zero-order valence-corrected chi connectivity index (χ0v) is 24.4. The highest BCUT2D eigenvalue weighted by atomic mass is 35.5. The van der Waals surface area contributed by atoms with Crippen molar-refractivity contribution < 1.29 is 9.53 Å². The summed E-state index contributed by atoms with van der Waals surface area (Å²) in [5.41, 5.74) is 7.13. The summed E-state index contributed by atoms with van der Waals surface area (Å²) in [5, 5.41) is 6.47. The zero-order valence-electron chi connectivity index (χ0n) is 23.6. The number of pyridine rings is 1. The van der Waals surface area contributed by atoms with Gasteiger partial charge < -0.3 is 15.0 Å². The summed E-state index contributed by atoms with van der Waals surface area (Å²) in [6, 6.07) is 16.1. The van der Waals surface area contributed by atoms with Gasteiger partial charge in [-0.3, -0.25) is 14.6 Å². The van der Waals surface area contributed by atoms with Gasteiger partial charge >= 0.3 is 6.03 Å². The fourth-order valence-corrected chi connectivity index (χ4v) is 5.40. The van der Waals surface area contributed by atoms with Gasteiger partial charge in [0.05, 0.1) is 17.8 Å². The van der Waals surface area contributed by atoms with Crippen molar-refractivity contribution in [3.63, 3.8) is 0 Å². The van der Waals surface area contributed by atoms with Crippen molar-refractivity contribution in [3.05, 3.63) is 82.1 Å². The number of anilines is 1. The van der Waals surface area contributed by atoms with Gasteiger partial charge in [0.2, 0.25) is 0 Å². The summed E-state index contributed by atoms with van der Waals surface area (Å²) >= 11 is 6.23. The molecular weight excluding hydrogens is 524 g/mol. The Hall–Kier alpha value is -3.59. The normalized spacial score (nSPS) is 14.4. The van der Waals surface area contributed by atoms with Crippen LogP contribution < -0.4 is 15.4 Å². The monoisotopic (exact) mass is 560 g/mol. The van der Waals surface area contributed by atoms with Crippen LogP contribution in [0.1, 0.15) is 29.3 Å². The number of rotatable bonds is 8. The third-order valence-electron chi connectivity index (χ3n) is 7.50. The lowest BCUT2D eigenvalue weighted by molar-refractivity contribution is 0.148. The molecule has 210 valence electrons. The minimum Gasteiger partial charge on any atom is -0.495 e. The Bertz CT molecular complexity index is 1490. The predicted molar refractivity (Wildman–Crippen MR) is 161 cm³/mol. The van der Waals surface area contributed by atoms with E-state index in [-0.39, 0.29) is 6.03 Å². The maximum atomic E-state index is 12.9. The number of piperazine rings is 1. The molecule has 8 nitrogen and oxygen atoms in total. The van der Waals surface area contributed by atoms with E-state index in [1.165, 1.54) is 5.56 Å². The largest absolute Gasteiger partial charge is 0.495 e. The number of methoxy groups -OCH3 is 1. The Morgan fingerprint density at radius 2 is 1.75 bits per heavy atom. The quantitative estimate of drug-likeness (QED) is 0.293. The molecule has 0 unspecified atom stereocenters. The van der Waals surface area contributed by atoms with E-state index in [9.17, 15) is 4.79 Å². The second-order valence-electron chi connectivity index (χ2n) is 10.4. The molecule has 2 amide bonds. The van der Waals surface area contributed by atoms with Crippen LogP contribution in [-0.4, -0.2) is 65.6 Å². The number of halogens is 1. The summed E-state index contributed by atoms with van der Waals surface area (Å²) in [6.45, 7) is 9.84. The number of hydrogen-bond donors (Lipinski definition) is 2. The number of fused-ring (bicyclic) bond motifs is 1. The van der Waals surface area contributed by atoms with Crippen LogP contribution >= 0.6 is 11.6 Å². The van der Waals surface area contributed by atoms with Gasteiger partial charge in [-0.05, 0) is 66.4 Å². The van der Waals surface area contributed by atoms with Gasteiger partial charge in [0, 0.05) is 45.5 Å². The van der Waals surface area contributed by atoms with Crippen LogP contribution in [0.2, 0.25) is 5.02 Å². The number of aryl methyl sites for hydroxylation is 2. The molecule has 0 aliphatic carbocycles. The molecule has 0 spiro atoms. The van der Waals surface area contributed by atoms with Crippen LogP contribution in [0, 0.1) is 6.92 Å². The Labute approximate surface area is 240 Å². The summed E-state index contributed by atoms with van der Waals surface area (Å²) in [7, 11) is 3.76. The number of amides is 2. The molecule has 9 heteroatoms. The molecule has 1 saturated heterocycles. The Morgan fingerprint density at radius 1 is 1.02 bits per heavy atom. The molecule has 1 aliphatic heterocycles. The fraction of sp³-hybridized carbons (Fsp3) is 0.355. The maximum Gasteiger partial charge on any atom is 0.320 e. The van der Waals surface area contributed by atoms with E-state index in [0.29, 0.717) is 29.6 Å². The first-order valence-electron chi connectivity index (χ1n) is 13.7. The van der Waals surface area contributed by atoms with Crippen molar-refractivity contribution in [3.8, 4) is 16.9 Å². The van der Waals surface area contributed by atoms with Crippen LogP contribution in [0.5, 0.6) is 5.75 Å². The summed E-state index contributed by atoms with van der Waals surface area (Å²) in [5.74, 6) is 1.28. The van der Waals surface area contributed by atoms with E-state index in [4.69, 9.17) is 21.3 Å². The van der Waals surface area contributed by atoms with E-state index < -0.39 is 0 Å². The number of carbonyl (C=O) groups excluding carboxylic acids is 1. The van der Waals surface area contributed by atoms with Gasteiger partial charge in [0.1, 0.15) is 17.2 Å². The van der Waals surface area contributed by atoms with Crippen molar-refractivity contribution in [1.29, 1.82) is 0 Å². The highest BCUT2D eigenvalue weighted by Gasteiger charge is 2.17. The van der Waals surface area contributed by atoms with Crippen molar-refractivity contribution in [2.24, 2.45) is 0 Å². The predicted octanol–water partition coefficient (Wildman–Crippen LogP) is 5.60. The molecule has 0 atom stereocenters. The number of nitrogens with zero attached hydrogens (tertiary/aromatic N) is 4. The maximum absolute atomic E-state index is 12.9. The highest BCUT2D eigenvalue weighted by molar-refractivity contribution is 6.32. The number of ether oxygens (including phenoxy) is 1. The first kappa shape index (κ1) is 28.0. The molecule has 0 saturated carbocycles. The molecule has 0 bridgehead atoms. The van der Waals surface area contributed by atoms with Gasteiger partial charge in [-0.15, -0.1) is 0 Å². The molecule has 0 radical (unpaired) electrons. The number of hydrogen-bond acceptors (Lipinski definition) is 5. The van der Waals surface area contributed by atoms with Gasteiger partial charge in [-0.25, -0.2) is 9.78 Å². The number of likely N-dealkylation sites (N-methyl/N-ethyl adjacent to an activating group) is 1. The summed E-state index contributed by atoms with van der Waals surface area (Å²) in [4.78, 5) is 22.7. The Morgan fingerprint density at radius 3 is 2.42 bits per heavy atom. The number of urea groups is 1. The molecule has 2 aromatic carbocycles. The minimum atomic E-state index is -0.306. The van der Waals surface area contributed by atoms with E-state index in [0.717, 1.165) is 66.3 Å². The molecular formula is C31H37ClN6O2. The third kappa shape index (κ3) is 6.25. The number of benzene rings is 2. The molecule has 1 fully saturated rings. The van der Waals surface area contributed by atoms with Crippen molar-refractivity contribution in [1.82, 2.24) is 24.5 Å². The Kier molecular flexibility index (Phi) is 8.59. The first-order chi connectivity index (χ1) is 19.3. The van der Waals surface area contributed by atoms with Gasteiger partial charge in [-0.1, -0.05) is 48.9 Å². The van der Waals surface area contributed by atoms with Crippen LogP contribution in [0.15, 0.2) is 54.7 Å². The highest BCUT2D eigenvalue weighted by Crippen LogP contribution is 2.28. The number of imidazole rings is 1. The molecule has 5 rings (SSSR count). The second-order valence-corrected chi connectivity index (χ2v) is 10.8. The smallest absolute Gasteiger partial charge is 0.320 e. The van der Waals surface area contributed by atoms with Crippen molar-refractivity contribution >= 4 is 29.1 Å². The number of aromatic nitrogens is 2. The number of carbonyl (C=O) groups is 1. The Balaban J connectivity index is 1.33. The average Bonchev–Trinajstić information content (AvgIpc) is 3.31. The lowest BCUT2D eigenvalue weighted by Crippen LogP contribution is -2.43. The van der Waals surface area contributed by atoms with Gasteiger partial charge in [0.15, 0.2) is 0 Å². The average molecular weight is 561 g/mol. The van der Waals surface area contributed by atoms with Crippen LogP contribution in [0.3, 0.4) is 0 Å². The van der Waals surface area contributed by atoms with E-state index in [2.05, 4.69) is 70.9 Å². The zero-order chi connectivity index (χ0) is 28.2. The summed E-state index contributed by atoms with van der Waals surface area (Å²) < 4.78 is 7.20. The van der Waals surface area contributed by atoms with E-state index >= 15 is 0 Å². The van der Waals surface area contributed by atoms with Crippen LogP contribution in [-0.2, 0) is 19.5 Å². The second kappa shape index (κ2) is 12.3. The lowest BCUT2D eigenvalue weighted by Gasteiger charge is -2.32. The SMILES string of the molecule is CCc1nc2c(C)cc(-c3ccc(CN4CCN(C)CC4)cc3)cn2c1NC(=O)NCc1ccc(OC)c(Cl)c1. The topological polar surface area (TPSA) is 74.1 Å². The third-order valence-corrected chi connectivity index (χ3v) is 7.80. The first-order valence-corrected chi connectivity index (χ1v) is 14.1. The summed E-state index contributed by atoms with van der Waals surface area (Å²) in [6.07, 6.45) is 2.75. The van der Waals surface area contributed by atoms with E-state index in [1.807, 2.05) is 17.4 Å². The molecule has 4 aromatic rings. The molecule has 40 heavy (non-hydrogen) atoms. The lowest BCUT2D eigenvalue weighted by atomic mass is 10.0. The van der Waals surface area contributed by atoms with E-state index in [1.54, 1.807) is 19.2 Å². The molecule has 2 N–H and O–H groups in total. The molecule has 1 aliphatic rings. The molecule has 2 aromatic heterocycles. The number of nitrogens with one attached hydrogen (secondary N) is 2. The van der Waals surface area contributed by atoms with Crippen LogP contribution in [0.4, 0.5) is 10.6 Å². The van der Waals surface area contributed by atoms with Crippen molar-refractivity contribution in [2.75, 3.05) is 45.7 Å². The minimum absolute atomic E-state index is 0.306. The fourth-order valence-electron chi connectivity index (χ4n) is 5.12. The van der Waals surface area contributed by atoms with Crippen LogP contribution in [0.25, 0.3) is 16.8 Å². The molecule has 3 heterocycles. The van der Waals surface area contributed by atoms with Gasteiger partial charge in [-0.2, -0.15) is 0 Å².